The van der Waals surface area contributed by atoms with Gasteiger partial charge in [0.2, 0.25) is 0 Å². The second-order valence-electron chi connectivity index (χ2n) is 18.9. The first-order valence-electron chi connectivity index (χ1n) is 23.6. The summed E-state index contributed by atoms with van der Waals surface area (Å²) in [6, 6.07) is 79.1. The summed E-state index contributed by atoms with van der Waals surface area (Å²) < 4.78 is 0. The average molecular weight is 975 g/mol. The molecule has 0 saturated carbocycles. The number of hydrogen-bond donors (Lipinski definition) is 0. The van der Waals surface area contributed by atoms with Crippen molar-refractivity contribution in [1.82, 2.24) is 0 Å². The first-order chi connectivity index (χ1) is 32.4. The van der Waals surface area contributed by atoms with Crippen LogP contribution in [0.25, 0.3) is 0 Å². The summed E-state index contributed by atoms with van der Waals surface area (Å²) >= 11 is -0.795. The van der Waals surface area contributed by atoms with E-state index in [1.54, 1.807) is 0 Å². The third-order valence-electron chi connectivity index (χ3n) is 13.6. The fourth-order valence-electron chi connectivity index (χ4n) is 9.81. The van der Waals surface area contributed by atoms with Gasteiger partial charge >= 0.3 is 409 Å². The van der Waals surface area contributed by atoms with Gasteiger partial charge in [-0.3, -0.25) is 0 Å². The van der Waals surface area contributed by atoms with E-state index in [0.717, 1.165) is 0 Å². The van der Waals surface area contributed by atoms with Crippen LogP contribution < -0.4 is 47.7 Å². The zero-order valence-electron chi connectivity index (χ0n) is 40.6. The van der Waals surface area contributed by atoms with E-state index in [9.17, 15) is 0 Å². The molecule has 0 radical (unpaired) electrons. The molecule has 9 aromatic carbocycles. The van der Waals surface area contributed by atoms with Gasteiger partial charge in [0.15, 0.2) is 0 Å². The average Bonchev–Trinajstić information content (AvgIpc) is 3.34. The number of hydrogen-bond acceptors (Lipinski definition) is 0. The van der Waals surface area contributed by atoms with Gasteiger partial charge in [-0.1, -0.05) is 0 Å². The predicted molar refractivity (Wildman–Crippen MR) is 302 cm³/mol. The molecule has 0 unspecified atom stereocenters. The van der Waals surface area contributed by atoms with Gasteiger partial charge in [-0.25, -0.2) is 0 Å². The molecule has 0 saturated heterocycles. The molecule has 0 N–H and O–H groups in total. The van der Waals surface area contributed by atoms with Crippen LogP contribution in [0.1, 0.15) is 50.1 Å². The molecule has 9 rings (SSSR count). The van der Waals surface area contributed by atoms with Crippen molar-refractivity contribution in [3.8, 4) is 0 Å². The van der Waals surface area contributed by atoms with Crippen LogP contribution in [-0.2, 0) is 12.1 Å². The van der Waals surface area contributed by atoms with E-state index in [0.29, 0.717) is 0 Å². The summed E-state index contributed by atoms with van der Waals surface area (Å²) in [6.45, 7) is 20.2. The quantitative estimate of drug-likeness (QED) is 0.0845. The van der Waals surface area contributed by atoms with Crippen LogP contribution in [0.3, 0.4) is 0 Å². The number of benzene rings is 9. The minimum atomic E-state index is -3.41. The van der Waals surface area contributed by atoms with Crippen LogP contribution in [0.15, 0.2) is 218 Å². The molecule has 0 atom stereocenters. The minimum absolute atomic E-state index is 0.795. The third kappa shape index (κ3) is 8.54. The molecule has 0 fully saturated rings. The molecule has 0 aliphatic heterocycles. The fourth-order valence-corrected chi connectivity index (χ4v) is 71.6. The Kier molecular flexibility index (Phi) is 13.6. The standard InChI is InChI=1S/3C21H21P.Ni/c3*1-16-4-10-19(11-5-16)22(20-12-6-17(2)7-13-20)21-14-8-18(3)9-15-21;/h3*4-15H,1-3H3;/q;;;-3/p+3. The molecule has 0 aliphatic carbocycles. The molecule has 4 heteroatoms. The van der Waals surface area contributed by atoms with Crippen molar-refractivity contribution in [1.29, 1.82) is 0 Å². The first kappa shape index (κ1) is 46.9. The van der Waals surface area contributed by atoms with Crippen LogP contribution in [0.2, 0.25) is 0 Å². The SMILES string of the molecule is Cc1ccc([PH](c2ccc(C)cc2)(c2ccc(C)cc2)[Ni]([PH](c2ccc(C)cc2)(c2ccc(C)cc2)c2ccc(C)cc2)[PH](c2ccc(C)cc2)(c2ccc(C)cc2)c2ccc(C)cc2)cc1. The first-order valence-corrected chi connectivity index (χ1v) is 33.5. The molecule has 0 heterocycles. The van der Waals surface area contributed by atoms with Crippen molar-refractivity contribution in [2.45, 2.75) is 62.3 Å². The Labute approximate surface area is 406 Å². The Morgan fingerprint density at radius 3 is 0.343 bits per heavy atom. The van der Waals surface area contributed by atoms with E-state index in [-0.39, 0.29) is 0 Å². The van der Waals surface area contributed by atoms with Crippen molar-refractivity contribution < 1.29 is 12.1 Å². The van der Waals surface area contributed by atoms with Crippen LogP contribution in [0, 0.1) is 62.3 Å². The Balaban J connectivity index is 1.70. The maximum absolute atomic E-state index is 3.41. The van der Waals surface area contributed by atoms with Gasteiger partial charge in [0, 0.05) is 0 Å². The third-order valence-corrected chi connectivity index (χ3v) is 56.8. The van der Waals surface area contributed by atoms with E-state index in [1.807, 2.05) is 0 Å². The Morgan fingerprint density at radius 2 is 0.254 bits per heavy atom. The zero-order chi connectivity index (χ0) is 46.9. The van der Waals surface area contributed by atoms with E-state index < -0.39 is 30.2 Å². The monoisotopic (exact) mass is 973 g/mol. The number of rotatable bonds is 12. The number of aryl methyl sites for hydroxylation is 9. The molecule has 0 spiro atoms. The topological polar surface area (TPSA) is 0 Å². The molecule has 0 aliphatic rings. The van der Waals surface area contributed by atoms with Crippen molar-refractivity contribution in [3.05, 3.63) is 268 Å². The molecule has 0 amide bonds. The molecule has 0 bridgehead atoms. The maximum atomic E-state index is 2.56. The summed E-state index contributed by atoms with van der Waals surface area (Å²) in [5, 5.41) is 13.2. The van der Waals surface area contributed by atoms with Crippen molar-refractivity contribution in [2.24, 2.45) is 0 Å². The van der Waals surface area contributed by atoms with Crippen molar-refractivity contribution in [3.63, 3.8) is 0 Å². The van der Waals surface area contributed by atoms with E-state index in [4.69, 9.17) is 0 Å². The van der Waals surface area contributed by atoms with Gasteiger partial charge < -0.3 is 0 Å². The molecular weight excluding hydrogens is 908 g/mol. The van der Waals surface area contributed by atoms with Crippen molar-refractivity contribution >= 4 is 65.9 Å². The summed E-state index contributed by atoms with van der Waals surface area (Å²) in [5.41, 5.74) is 11.5. The van der Waals surface area contributed by atoms with Crippen LogP contribution in [0.5, 0.6) is 0 Å². The fraction of sp³-hybridized carbons (Fsp3) is 0.143. The second kappa shape index (κ2) is 19.4. The normalized spacial score (nSPS) is 12.9. The van der Waals surface area contributed by atoms with Crippen molar-refractivity contribution in [2.75, 3.05) is 0 Å². The van der Waals surface area contributed by atoms with E-state index in [1.165, 1.54) is 97.8 Å². The Morgan fingerprint density at radius 1 is 0.164 bits per heavy atom. The summed E-state index contributed by atoms with van der Waals surface area (Å²) in [7, 11) is 0. The van der Waals surface area contributed by atoms with Crippen LogP contribution in [-0.4, -0.2) is 0 Å². The summed E-state index contributed by atoms with van der Waals surface area (Å²) in [6.07, 6.45) is 0. The van der Waals surface area contributed by atoms with Crippen LogP contribution in [0.4, 0.5) is 0 Å². The molecule has 0 aromatic heterocycles. The molecule has 67 heavy (non-hydrogen) atoms. The van der Waals surface area contributed by atoms with Gasteiger partial charge in [0.05, 0.1) is 0 Å². The predicted octanol–water partition coefficient (Wildman–Crippen LogP) is 12.3. The van der Waals surface area contributed by atoms with Gasteiger partial charge in [-0.15, -0.1) is 0 Å². The Hall–Kier alpha value is -5.24. The summed E-state index contributed by atoms with van der Waals surface area (Å²) in [5.74, 6) is 0. The van der Waals surface area contributed by atoms with Gasteiger partial charge in [0.25, 0.3) is 0 Å². The van der Waals surface area contributed by atoms with Crippen LogP contribution >= 0.6 is 18.1 Å². The second-order valence-corrected chi connectivity index (χ2v) is 43.0. The molecule has 343 valence electrons. The van der Waals surface area contributed by atoms with Gasteiger partial charge in [-0.05, 0) is 0 Å². The molecule has 9 aromatic rings. The van der Waals surface area contributed by atoms with E-state index >= 15 is 0 Å². The Bertz CT molecular complexity index is 2410. The van der Waals surface area contributed by atoms with E-state index in [2.05, 4.69) is 281 Å². The molecular formula is C63H66NiP3. The summed E-state index contributed by atoms with van der Waals surface area (Å²) in [4.78, 5) is 0. The van der Waals surface area contributed by atoms with Gasteiger partial charge in [-0.2, -0.15) is 0 Å². The van der Waals surface area contributed by atoms with Gasteiger partial charge in [0.1, 0.15) is 0 Å². The zero-order valence-corrected chi connectivity index (χ0v) is 44.6. The molecule has 0 nitrogen and oxygen atoms in total.